The molecule has 1 unspecified atom stereocenters. The molecular weight excluding hydrogens is 260 g/mol. The van der Waals surface area contributed by atoms with Gasteiger partial charge in [-0.05, 0) is 43.7 Å². The average molecular weight is 278 g/mol. The van der Waals surface area contributed by atoms with Gasteiger partial charge in [0.15, 0.2) is 0 Å². The number of thioether (sulfide) groups is 1. The Bertz CT molecular complexity index is 460. The lowest BCUT2D eigenvalue weighted by molar-refractivity contribution is -0.145. The molecule has 2 aliphatic carbocycles. The average Bonchev–Trinajstić information content (AvgIpc) is 3.28. The first kappa shape index (κ1) is 12.9. The fourth-order valence-corrected chi connectivity index (χ4v) is 3.53. The minimum atomic E-state index is -0.741. The van der Waals surface area contributed by atoms with Gasteiger partial charge in [0.25, 0.3) is 0 Å². The van der Waals surface area contributed by atoms with Crippen LogP contribution in [0, 0.1) is 5.92 Å². The number of hydrogen-bond acceptors (Lipinski definition) is 4. The van der Waals surface area contributed by atoms with Gasteiger partial charge in [-0.15, -0.1) is 11.8 Å². The standard InChI is InChI=1S/C14H18N2O2S/c17-13(18)14(10-1-2-10,16-11-3-4-11)9-19-12-5-7-15-8-6-12/h5-8,10-11,16H,1-4,9H2,(H,17,18). The molecule has 0 amide bonds. The number of hydrogen-bond donors (Lipinski definition) is 2. The zero-order chi connectivity index (χ0) is 13.3. The van der Waals surface area contributed by atoms with E-state index in [-0.39, 0.29) is 0 Å². The van der Waals surface area contributed by atoms with Crippen LogP contribution >= 0.6 is 11.8 Å². The molecule has 4 nitrogen and oxygen atoms in total. The third kappa shape index (κ3) is 2.92. The lowest BCUT2D eigenvalue weighted by Gasteiger charge is -2.30. The predicted molar refractivity (Wildman–Crippen MR) is 74.2 cm³/mol. The molecule has 0 saturated heterocycles. The van der Waals surface area contributed by atoms with Gasteiger partial charge < -0.3 is 5.11 Å². The van der Waals surface area contributed by atoms with E-state index in [1.165, 1.54) is 0 Å². The molecule has 5 heteroatoms. The van der Waals surface area contributed by atoms with Crippen molar-refractivity contribution in [2.45, 2.75) is 42.2 Å². The number of aliphatic carboxylic acids is 1. The van der Waals surface area contributed by atoms with E-state index >= 15 is 0 Å². The number of rotatable bonds is 7. The van der Waals surface area contributed by atoms with Crippen LogP contribution in [0.2, 0.25) is 0 Å². The molecule has 0 aromatic carbocycles. The first-order valence-corrected chi connectivity index (χ1v) is 7.73. The summed E-state index contributed by atoms with van der Waals surface area (Å²) in [4.78, 5) is 16.9. The molecule has 1 atom stereocenters. The Morgan fingerprint density at radius 2 is 2.05 bits per heavy atom. The molecule has 0 aliphatic heterocycles. The maximum absolute atomic E-state index is 11.8. The van der Waals surface area contributed by atoms with E-state index in [1.807, 2.05) is 12.1 Å². The molecule has 1 heterocycles. The molecule has 1 aromatic rings. The number of nitrogens with zero attached hydrogens (tertiary/aromatic N) is 1. The van der Waals surface area contributed by atoms with Gasteiger partial charge in [0.05, 0.1) is 0 Å². The van der Waals surface area contributed by atoms with E-state index < -0.39 is 11.5 Å². The van der Waals surface area contributed by atoms with Crippen LogP contribution in [-0.2, 0) is 4.79 Å². The minimum absolute atomic E-state index is 0.292. The Kier molecular flexibility index (Phi) is 3.50. The van der Waals surface area contributed by atoms with Crippen molar-refractivity contribution in [3.8, 4) is 0 Å². The summed E-state index contributed by atoms with van der Waals surface area (Å²) in [7, 11) is 0. The van der Waals surface area contributed by atoms with Crippen molar-refractivity contribution in [1.82, 2.24) is 10.3 Å². The van der Waals surface area contributed by atoms with Gasteiger partial charge in [0.1, 0.15) is 5.54 Å². The molecule has 2 saturated carbocycles. The largest absolute Gasteiger partial charge is 0.480 e. The smallest absolute Gasteiger partial charge is 0.325 e. The maximum Gasteiger partial charge on any atom is 0.325 e. The van der Waals surface area contributed by atoms with Crippen LogP contribution < -0.4 is 5.32 Å². The van der Waals surface area contributed by atoms with Crippen LogP contribution in [0.25, 0.3) is 0 Å². The minimum Gasteiger partial charge on any atom is -0.480 e. The Labute approximate surface area is 117 Å². The Balaban J connectivity index is 1.72. The van der Waals surface area contributed by atoms with Crippen molar-refractivity contribution in [2.75, 3.05) is 5.75 Å². The molecule has 2 N–H and O–H groups in total. The van der Waals surface area contributed by atoms with E-state index in [1.54, 1.807) is 24.2 Å². The van der Waals surface area contributed by atoms with E-state index in [4.69, 9.17) is 0 Å². The number of carboxylic acids is 1. The third-order valence-corrected chi connectivity index (χ3v) is 5.02. The predicted octanol–water partition coefficient (Wildman–Crippen LogP) is 2.16. The highest BCUT2D eigenvalue weighted by atomic mass is 32.2. The normalized spacial score (nSPS) is 21.9. The molecule has 3 rings (SSSR count). The van der Waals surface area contributed by atoms with E-state index in [2.05, 4.69) is 10.3 Å². The number of carboxylic acid groups (broad SMARTS) is 1. The Morgan fingerprint density at radius 1 is 1.37 bits per heavy atom. The molecule has 0 spiro atoms. The van der Waals surface area contributed by atoms with E-state index in [0.717, 1.165) is 30.6 Å². The van der Waals surface area contributed by atoms with Gasteiger partial charge in [-0.25, -0.2) is 0 Å². The SMILES string of the molecule is O=C(O)C(CSc1ccncc1)(NC1CC1)C1CC1. The van der Waals surface area contributed by atoms with Crippen LogP contribution in [0.3, 0.4) is 0 Å². The highest BCUT2D eigenvalue weighted by molar-refractivity contribution is 7.99. The zero-order valence-electron chi connectivity index (χ0n) is 10.7. The second-order valence-corrected chi connectivity index (χ2v) is 6.49. The van der Waals surface area contributed by atoms with Crippen molar-refractivity contribution in [3.63, 3.8) is 0 Å². The highest BCUT2D eigenvalue weighted by Gasteiger charge is 2.53. The molecule has 0 bridgehead atoms. The van der Waals surface area contributed by atoms with Crippen molar-refractivity contribution in [2.24, 2.45) is 5.92 Å². The van der Waals surface area contributed by atoms with Gasteiger partial charge in [-0.3, -0.25) is 15.1 Å². The summed E-state index contributed by atoms with van der Waals surface area (Å²) in [6, 6.07) is 4.28. The molecule has 19 heavy (non-hydrogen) atoms. The number of carbonyl (C=O) groups is 1. The first-order chi connectivity index (χ1) is 9.21. The van der Waals surface area contributed by atoms with E-state index in [0.29, 0.717) is 17.7 Å². The van der Waals surface area contributed by atoms with E-state index in [9.17, 15) is 9.90 Å². The summed E-state index contributed by atoms with van der Waals surface area (Å²) < 4.78 is 0. The number of nitrogens with one attached hydrogen (secondary N) is 1. The summed E-state index contributed by atoms with van der Waals surface area (Å²) in [5.74, 6) is 0.191. The van der Waals surface area contributed by atoms with Crippen molar-refractivity contribution >= 4 is 17.7 Å². The quantitative estimate of drug-likeness (QED) is 0.748. The second-order valence-electron chi connectivity index (χ2n) is 5.44. The molecule has 2 aliphatic rings. The van der Waals surface area contributed by atoms with Crippen molar-refractivity contribution < 1.29 is 9.90 Å². The molecule has 1 aromatic heterocycles. The monoisotopic (exact) mass is 278 g/mol. The van der Waals surface area contributed by atoms with Crippen LogP contribution in [0.15, 0.2) is 29.4 Å². The number of pyridine rings is 1. The maximum atomic E-state index is 11.8. The Hall–Kier alpha value is -1.07. The first-order valence-electron chi connectivity index (χ1n) is 6.74. The fourth-order valence-electron chi connectivity index (χ4n) is 2.38. The number of aromatic nitrogens is 1. The second kappa shape index (κ2) is 5.13. The lowest BCUT2D eigenvalue weighted by atomic mass is 9.95. The van der Waals surface area contributed by atoms with Crippen molar-refractivity contribution in [1.29, 1.82) is 0 Å². The topological polar surface area (TPSA) is 62.2 Å². The van der Waals surface area contributed by atoms with Crippen LogP contribution in [-0.4, -0.2) is 33.4 Å². The summed E-state index contributed by atoms with van der Waals surface area (Å²) in [6.07, 6.45) is 7.78. The van der Waals surface area contributed by atoms with Gasteiger partial charge in [-0.2, -0.15) is 0 Å². The van der Waals surface area contributed by atoms with Crippen LogP contribution in [0.1, 0.15) is 25.7 Å². The van der Waals surface area contributed by atoms with Crippen molar-refractivity contribution in [3.05, 3.63) is 24.5 Å². The summed E-state index contributed by atoms with van der Waals surface area (Å²) in [5, 5.41) is 13.1. The van der Waals surface area contributed by atoms with Gasteiger partial charge in [0.2, 0.25) is 0 Å². The zero-order valence-corrected chi connectivity index (χ0v) is 11.5. The third-order valence-electron chi connectivity index (χ3n) is 3.81. The molecular formula is C14H18N2O2S. The molecule has 2 fully saturated rings. The van der Waals surface area contributed by atoms with Gasteiger partial charge in [0, 0.05) is 29.1 Å². The molecule has 0 radical (unpaired) electrons. The Morgan fingerprint density at radius 3 is 2.58 bits per heavy atom. The molecule has 102 valence electrons. The summed E-state index contributed by atoms with van der Waals surface area (Å²) in [5.41, 5.74) is -0.741. The summed E-state index contributed by atoms with van der Waals surface area (Å²) in [6.45, 7) is 0. The lowest BCUT2D eigenvalue weighted by Crippen LogP contribution is -2.57. The van der Waals surface area contributed by atoms with Crippen LogP contribution in [0.4, 0.5) is 0 Å². The summed E-state index contributed by atoms with van der Waals surface area (Å²) >= 11 is 1.61. The van der Waals surface area contributed by atoms with Gasteiger partial charge in [-0.1, -0.05) is 0 Å². The van der Waals surface area contributed by atoms with Crippen LogP contribution in [0.5, 0.6) is 0 Å². The fraction of sp³-hybridized carbons (Fsp3) is 0.571. The van der Waals surface area contributed by atoms with Gasteiger partial charge >= 0.3 is 5.97 Å². The highest BCUT2D eigenvalue weighted by Crippen LogP contribution is 2.44.